The highest BCUT2D eigenvalue weighted by Crippen LogP contribution is 2.74. The van der Waals surface area contributed by atoms with E-state index in [9.17, 15) is 0 Å². The minimum Gasteiger partial charge on any atom is -0.235 e. The van der Waals surface area contributed by atoms with Gasteiger partial charge in [-0.05, 0) is 112 Å². The molecule has 3 aromatic carbocycles. The lowest BCUT2D eigenvalue weighted by Gasteiger charge is -2.50. The Labute approximate surface area is 249 Å². The number of aryl methyl sites for hydroxylation is 1. The van der Waals surface area contributed by atoms with Gasteiger partial charge in [0.05, 0.1) is 0 Å². The standard InChI is InChI=1S/C38H48S2/c1-22-20-30-31(21-26-12-11-14-28(26)34(30)25-16-18-27(19-17-25)38(4,5)6)36(22)40(7,8)37-24(3)23(2)33-29-13-9-10-15-32(29)39-35(33)37/h9-10,13,15-19,21-24,33,35-37H,11-12,14,20H2,1-8H3. The van der Waals surface area contributed by atoms with E-state index in [1.54, 1.807) is 38.3 Å². The third-order valence-electron chi connectivity index (χ3n) is 11.4. The van der Waals surface area contributed by atoms with Crippen LogP contribution in [0.1, 0.15) is 92.5 Å². The molecule has 1 heterocycles. The average Bonchev–Trinajstić information content (AvgIpc) is 3.64. The van der Waals surface area contributed by atoms with Crippen molar-refractivity contribution in [2.45, 2.75) is 99.2 Å². The molecule has 7 rings (SSSR count). The molecule has 0 bridgehead atoms. The first-order chi connectivity index (χ1) is 19.0. The molecule has 0 N–H and O–H groups in total. The summed E-state index contributed by atoms with van der Waals surface area (Å²) in [5, 5.41) is 2.23. The van der Waals surface area contributed by atoms with E-state index in [4.69, 9.17) is 0 Å². The minimum atomic E-state index is -0.918. The monoisotopic (exact) mass is 568 g/mol. The summed E-state index contributed by atoms with van der Waals surface area (Å²) < 4.78 is 0. The van der Waals surface area contributed by atoms with Crippen molar-refractivity contribution in [3.8, 4) is 11.1 Å². The molecule has 1 aliphatic heterocycles. The van der Waals surface area contributed by atoms with Gasteiger partial charge >= 0.3 is 0 Å². The Hall–Kier alpha value is -1.64. The molecule has 3 aromatic rings. The van der Waals surface area contributed by atoms with Gasteiger partial charge in [-0.25, -0.2) is 10.0 Å². The van der Waals surface area contributed by atoms with Crippen LogP contribution in [0.4, 0.5) is 0 Å². The first kappa shape index (κ1) is 27.2. The molecule has 0 radical (unpaired) electrons. The maximum atomic E-state index is 2.74. The van der Waals surface area contributed by atoms with Crippen molar-refractivity contribution in [1.82, 2.24) is 0 Å². The Morgan fingerprint density at radius 2 is 1.55 bits per heavy atom. The second kappa shape index (κ2) is 9.43. The van der Waals surface area contributed by atoms with E-state index in [0.717, 1.165) is 28.3 Å². The molecule has 4 aliphatic rings. The van der Waals surface area contributed by atoms with Gasteiger partial charge in [0.25, 0.3) is 0 Å². The first-order valence-electron chi connectivity index (χ1n) is 15.7. The van der Waals surface area contributed by atoms with Crippen molar-refractivity contribution in [3.63, 3.8) is 0 Å². The molecule has 0 saturated heterocycles. The van der Waals surface area contributed by atoms with E-state index < -0.39 is 10.0 Å². The van der Waals surface area contributed by atoms with Gasteiger partial charge in [-0.3, -0.25) is 0 Å². The highest BCUT2D eigenvalue weighted by Gasteiger charge is 2.57. The molecule has 40 heavy (non-hydrogen) atoms. The lowest BCUT2D eigenvalue weighted by atomic mass is 9.84. The normalized spacial score (nSPS) is 31.1. The fourth-order valence-electron chi connectivity index (χ4n) is 9.54. The number of hydrogen-bond donors (Lipinski definition) is 0. The Bertz CT molecular complexity index is 1460. The molecule has 0 amide bonds. The van der Waals surface area contributed by atoms with Crippen LogP contribution in [0.3, 0.4) is 0 Å². The van der Waals surface area contributed by atoms with Crippen LogP contribution in [0.2, 0.25) is 0 Å². The molecule has 0 aromatic heterocycles. The molecule has 0 nitrogen and oxygen atoms in total. The van der Waals surface area contributed by atoms with Crippen LogP contribution in [-0.2, 0) is 24.7 Å². The van der Waals surface area contributed by atoms with Gasteiger partial charge in [0.1, 0.15) is 0 Å². The fraction of sp³-hybridized carbons (Fsp3) is 0.526. The predicted molar refractivity (Wildman–Crippen MR) is 179 cm³/mol. The van der Waals surface area contributed by atoms with Gasteiger partial charge in [0, 0.05) is 26.6 Å². The van der Waals surface area contributed by atoms with Gasteiger partial charge in [-0.15, -0.1) is 11.8 Å². The van der Waals surface area contributed by atoms with Gasteiger partial charge in [-0.1, -0.05) is 90.1 Å². The van der Waals surface area contributed by atoms with Gasteiger partial charge in [0.2, 0.25) is 0 Å². The van der Waals surface area contributed by atoms with E-state index in [-0.39, 0.29) is 5.41 Å². The van der Waals surface area contributed by atoms with Crippen molar-refractivity contribution in [3.05, 3.63) is 88.0 Å². The van der Waals surface area contributed by atoms with E-state index in [2.05, 4.69) is 120 Å². The Morgan fingerprint density at radius 1 is 0.825 bits per heavy atom. The molecular formula is C38H48S2. The molecular weight excluding hydrogens is 521 g/mol. The predicted octanol–water partition coefficient (Wildman–Crippen LogP) is 10.3. The van der Waals surface area contributed by atoms with Crippen molar-refractivity contribution in [2.24, 2.45) is 17.8 Å². The number of thioether (sulfide) groups is 1. The zero-order chi connectivity index (χ0) is 28.1. The van der Waals surface area contributed by atoms with Gasteiger partial charge in [0.15, 0.2) is 0 Å². The van der Waals surface area contributed by atoms with Crippen LogP contribution in [0.25, 0.3) is 11.1 Å². The Kier molecular flexibility index (Phi) is 6.42. The highest BCUT2D eigenvalue weighted by atomic mass is 32.3. The van der Waals surface area contributed by atoms with Crippen molar-refractivity contribution in [2.75, 3.05) is 12.5 Å². The summed E-state index contributed by atoms with van der Waals surface area (Å²) in [5.74, 6) is 2.97. The van der Waals surface area contributed by atoms with Gasteiger partial charge < -0.3 is 0 Å². The molecule has 1 saturated carbocycles. The average molecular weight is 569 g/mol. The second-order valence-electron chi connectivity index (χ2n) is 15.1. The summed E-state index contributed by atoms with van der Waals surface area (Å²) >= 11 is 2.23. The third kappa shape index (κ3) is 3.94. The lowest BCUT2D eigenvalue weighted by Crippen LogP contribution is -2.33. The molecule has 0 spiro atoms. The number of rotatable bonds is 3. The van der Waals surface area contributed by atoms with Crippen LogP contribution in [0, 0.1) is 17.8 Å². The number of fused-ring (bicyclic) bond motifs is 5. The van der Waals surface area contributed by atoms with Crippen molar-refractivity contribution in [1.29, 1.82) is 0 Å². The zero-order valence-corrected chi connectivity index (χ0v) is 27.5. The largest absolute Gasteiger partial charge is 0.235 e. The highest BCUT2D eigenvalue weighted by molar-refractivity contribution is 8.33. The third-order valence-corrected chi connectivity index (χ3v) is 17.2. The van der Waals surface area contributed by atoms with E-state index >= 15 is 0 Å². The van der Waals surface area contributed by atoms with Crippen LogP contribution in [-0.4, -0.2) is 23.0 Å². The first-order valence-corrected chi connectivity index (χ1v) is 19.2. The van der Waals surface area contributed by atoms with E-state index in [1.807, 2.05) is 0 Å². The van der Waals surface area contributed by atoms with Gasteiger partial charge in [-0.2, -0.15) is 0 Å². The van der Waals surface area contributed by atoms with E-state index in [1.165, 1.54) is 36.8 Å². The van der Waals surface area contributed by atoms with Crippen LogP contribution < -0.4 is 0 Å². The molecule has 1 fully saturated rings. The second-order valence-corrected chi connectivity index (χ2v) is 20.3. The van der Waals surface area contributed by atoms with Crippen LogP contribution in [0.15, 0.2) is 59.5 Å². The smallest absolute Gasteiger partial charge is 0.0273 e. The molecule has 7 atom stereocenters. The summed E-state index contributed by atoms with van der Waals surface area (Å²) in [4.78, 5) is 1.56. The topological polar surface area (TPSA) is 0 Å². The summed E-state index contributed by atoms with van der Waals surface area (Å²) in [5.41, 5.74) is 13.2. The Balaban J connectivity index is 1.32. The Morgan fingerprint density at radius 3 is 2.27 bits per heavy atom. The molecule has 212 valence electrons. The quantitative estimate of drug-likeness (QED) is 0.303. The number of benzene rings is 3. The van der Waals surface area contributed by atoms with Crippen molar-refractivity contribution >= 4 is 21.8 Å². The fourth-order valence-corrected chi connectivity index (χ4v) is 17.0. The summed E-state index contributed by atoms with van der Waals surface area (Å²) in [6, 6.07) is 21.8. The zero-order valence-electron chi connectivity index (χ0n) is 25.9. The lowest BCUT2D eigenvalue weighted by molar-refractivity contribution is 0.424. The number of hydrogen-bond acceptors (Lipinski definition) is 1. The summed E-state index contributed by atoms with van der Waals surface area (Å²) in [6.07, 6.45) is 10.6. The minimum absolute atomic E-state index is 0.191. The van der Waals surface area contributed by atoms with Crippen molar-refractivity contribution < 1.29 is 0 Å². The van der Waals surface area contributed by atoms with Crippen LogP contribution in [0.5, 0.6) is 0 Å². The van der Waals surface area contributed by atoms with Crippen LogP contribution >= 0.6 is 21.8 Å². The molecule has 7 unspecified atom stereocenters. The SMILES string of the molecule is CC1Cc2c(cc3c(c2-c2ccc(C(C)(C)C)cc2)CCC3)C1S(C)(C)C1C(C)C(C)C2c3ccccc3SC21. The summed E-state index contributed by atoms with van der Waals surface area (Å²) in [7, 11) is -0.918. The van der Waals surface area contributed by atoms with E-state index in [0.29, 0.717) is 11.2 Å². The summed E-state index contributed by atoms with van der Waals surface area (Å²) in [6.45, 7) is 14.7. The molecule has 2 heteroatoms. The maximum Gasteiger partial charge on any atom is 0.0273 e. The molecule has 3 aliphatic carbocycles. The maximum absolute atomic E-state index is 2.74.